The molecule has 0 unspecified atom stereocenters. The summed E-state index contributed by atoms with van der Waals surface area (Å²) in [7, 11) is 1.56. The van der Waals surface area contributed by atoms with Crippen LogP contribution in [0.4, 0.5) is 14.5 Å². The Bertz CT molecular complexity index is 641. The monoisotopic (exact) mass is 389 g/mol. The van der Waals surface area contributed by atoms with Crippen molar-refractivity contribution in [3.05, 3.63) is 24.3 Å². The number of hydrogen-bond acceptors (Lipinski definition) is 6. The number of nitrogens with one attached hydrogen (secondary N) is 2. The lowest BCUT2D eigenvalue weighted by molar-refractivity contribution is -0.122. The Morgan fingerprint density at radius 3 is 2.80 bits per heavy atom. The molecule has 0 aromatic heterocycles. The number of methoxy groups -OCH3 is 1. The maximum atomic E-state index is 12.3. The summed E-state index contributed by atoms with van der Waals surface area (Å²) in [5.74, 6) is -3.09. The van der Waals surface area contributed by atoms with Crippen LogP contribution < -0.4 is 10.6 Å². The summed E-state index contributed by atoms with van der Waals surface area (Å²) in [5.41, 5.74) is 0.487. The van der Waals surface area contributed by atoms with Crippen LogP contribution in [0.15, 0.2) is 34.2 Å². The van der Waals surface area contributed by atoms with Crippen molar-refractivity contribution < 1.29 is 23.1 Å². The lowest BCUT2D eigenvalue weighted by Gasteiger charge is -2.08. The number of amidine groups is 1. The number of alkyl halides is 2. The summed E-state index contributed by atoms with van der Waals surface area (Å²) < 4.78 is 29.4. The van der Waals surface area contributed by atoms with Crippen molar-refractivity contribution >= 4 is 46.2 Å². The first-order chi connectivity index (χ1) is 12.0. The van der Waals surface area contributed by atoms with Gasteiger partial charge in [0.25, 0.3) is 5.76 Å². The van der Waals surface area contributed by atoms with E-state index in [0.29, 0.717) is 40.7 Å². The zero-order valence-electron chi connectivity index (χ0n) is 13.3. The van der Waals surface area contributed by atoms with Crippen LogP contribution in [-0.4, -0.2) is 48.3 Å². The Labute approximate surface area is 152 Å². The van der Waals surface area contributed by atoms with Gasteiger partial charge >= 0.3 is 0 Å². The molecule has 2 N–H and O–H groups in total. The molecular weight excluding hydrogens is 372 g/mol. The predicted molar refractivity (Wildman–Crippen MR) is 95.2 cm³/mol. The first kappa shape index (κ1) is 19.7. The van der Waals surface area contributed by atoms with Gasteiger partial charge in [0.15, 0.2) is 5.17 Å². The Balaban J connectivity index is 1.83. The van der Waals surface area contributed by atoms with E-state index in [9.17, 15) is 18.4 Å². The molecule has 1 fully saturated rings. The Morgan fingerprint density at radius 2 is 2.16 bits per heavy atom. The Kier molecular flexibility index (Phi) is 7.66. The van der Waals surface area contributed by atoms with Gasteiger partial charge in [0.05, 0.1) is 13.2 Å². The molecule has 25 heavy (non-hydrogen) atoms. The van der Waals surface area contributed by atoms with Crippen molar-refractivity contribution in [2.24, 2.45) is 4.99 Å². The number of carbonyl (C=O) groups excluding carboxylic acids is 2. The number of aliphatic imine (C=N–C) groups is 1. The van der Waals surface area contributed by atoms with Crippen molar-refractivity contribution in [1.29, 1.82) is 0 Å². The number of thioether (sulfide) groups is 2. The van der Waals surface area contributed by atoms with Gasteiger partial charge in [-0.15, -0.1) is 0 Å². The fourth-order valence-corrected chi connectivity index (χ4v) is 3.45. The molecule has 0 spiro atoms. The van der Waals surface area contributed by atoms with E-state index in [1.54, 1.807) is 19.2 Å². The van der Waals surface area contributed by atoms with E-state index in [4.69, 9.17) is 4.74 Å². The topological polar surface area (TPSA) is 79.8 Å². The quantitative estimate of drug-likeness (QED) is 0.528. The molecule has 1 atom stereocenters. The van der Waals surface area contributed by atoms with Gasteiger partial charge in [0, 0.05) is 24.1 Å². The molecular formula is C15H17F2N3O3S2. The van der Waals surface area contributed by atoms with Gasteiger partial charge in [-0.3, -0.25) is 14.6 Å². The molecule has 10 heteroatoms. The maximum Gasteiger partial charge on any atom is 0.288 e. The average Bonchev–Trinajstić information content (AvgIpc) is 2.89. The summed E-state index contributed by atoms with van der Waals surface area (Å²) in [6.07, 6.45) is -0.00661. The first-order valence-corrected chi connectivity index (χ1v) is 9.09. The summed E-state index contributed by atoms with van der Waals surface area (Å²) in [6.45, 7) is 0.881. The van der Waals surface area contributed by atoms with Crippen molar-refractivity contribution in [2.75, 3.05) is 25.6 Å². The van der Waals surface area contributed by atoms with Crippen molar-refractivity contribution in [3.63, 3.8) is 0 Å². The van der Waals surface area contributed by atoms with Gasteiger partial charge in [-0.2, -0.15) is 8.78 Å². The van der Waals surface area contributed by atoms with E-state index < -0.39 is 11.0 Å². The molecule has 0 bridgehead atoms. The number of rotatable bonds is 8. The van der Waals surface area contributed by atoms with E-state index in [1.165, 1.54) is 23.9 Å². The van der Waals surface area contributed by atoms with Crippen LogP contribution in [0.3, 0.4) is 0 Å². The number of halogens is 2. The van der Waals surface area contributed by atoms with Crippen LogP contribution in [-0.2, 0) is 14.3 Å². The number of nitrogens with zero attached hydrogens (tertiary/aromatic N) is 1. The number of hydrogen-bond donors (Lipinski definition) is 2. The minimum atomic E-state index is -2.49. The van der Waals surface area contributed by atoms with Gasteiger partial charge in [-0.25, -0.2) is 0 Å². The lowest BCUT2D eigenvalue weighted by atomic mass is 10.2. The molecule has 2 rings (SSSR count). The SMILES string of the molecule is COCCN=C1NC(=O)[C@H](CC(=O)Nc2ccc(SC(F)F)cc2)S1. The first-order valence-electron chi connectivity index (χ1n) is 7.33. The molecule has 0 aliphatic carbocycles. The van der Waals surface area contributed by atoms with E-state index in [0.717, 1.165) is 0 Å². The van der Waals surface area contributed by atoms with E-state index in [-0.39, 0.29) is 18.2 Å². The average molecular weight is 389 g/mol. The highest BCUT2D eigenvalue weighted by Crippen LogP contribution is 2.27. The van der Waals surface area contributed by atoms with E-state index in [2.05, 4.69) is 15.6 Å². The predicted octanol–water partition coefficient (Wildman–Crippen LogP) is 2.56. The van der Waals surface area contributed by atoms with Crippen LogP contribution in [0.1, 0.15) is 6.42 Å². The molecule has 1 saturated heterocycles. The van der Waals surface area contributed by atoms with Gasteiger partial charge in [0.1, 0.15) is 5.25 Å². The second kappa shape index (κ2) is 9.73. The minimum absolute atomic E-state index is 0.00661. The third kappa shape index (κ3) is 6.63. The fourth-order valence-electron chi connectivity index (χ4n) is 1.95. The van der Waals surface area contributed by atoms with Gasteiger partial charge < -0.3 is 15.4 Å². The third-order valence-corrected chi connectivity index (χ3v) is 4.90. The highest BCUT2D eigenvalue weighted by molar-refractivity contribution is 8.15. The molecule has 1 heterocycles. The van der Waals surface area contributed by atoms with Gasteiger partial charge in [-0.05, 0) is 24.3 Å². The van der Waals surface area contributed by atoms with Crippen LogP contribution in [0, 0.1) is 0 Å². The zero-order chi connectivity index (χ0) is 18.2. The minimum Gasteiger partial charge on any atom is -0.383 e. The van der Waals surface area contributed by atoms with Crippen LogP contribution in [0.25, 0.3) is 0 Å². The van der Waals surface area contributed by atoms with Crippen LogP contribution in [0.5, 0.6) is 0 Å². The molecule has 0 saturated carbocycles. The number of carbonyl (C=O) groups is 2. The third-order valence-electron chi connectivity index (χ3n) is 3.06. The number of benzene rings is 1. The second-order valence-corrected chi connectivity index (χ2v) is 7.19. The summed E-state index contributed by atoms with van der Waals surface area (Å²) in [4.78, 5) is 28.5. The van der Waals surface area contributed by atoms with Crippen LogP contribution in [0.2, 0.25) is 0 Å². The number of ether oxygens (including phenoxy) is 1. The fraction of sp³-hybridized carbons (Fsp3) is 0.400. The van der Waals surface area contributed by atoms with Crippen molar-refractivity contribution in [3.8, 4) is 0 Å². The Morgan fingerprint density at radius 1 is 1.44 bits per heavy atom. The summed E-state index contributed by atoms with van der Waals surface area (Å²) in [6, 6.07) is 6.10. The molecule has 1 aromatic rings. The number of anilines is 1. The molecule has 1 aliphatic rings. The zero-order valence-corrected chi connectivity index (χ0v) is 15.0. The lowest BCUT2D eigenvalue weighted by Crippen LogP contribution is -2.28. The van der Waals surface area contributed by atoms with Crippen molar-refractivity contribution in [1.82, 2.24) is 5.32 Å². The standard InChI is InChI=1S/C15H17F2N3O3S2/c1-23-7-6-18-15-20-13(22)11(25-15)8-12(21)19-9-2-4-10(5-3-9)24-14(16)17/h2-5,11,14H,6-8H2,1H3,(H,19,21)(H,18,20,22)/t11-/m0/s1. The van der Waals surface area contributed by atoms with Gasteiger partial charge in [0.2, 0.25) is 11.8 Å². The molecule has 1 aromatic carbocycles. The van der Waals surface area contributed by atoms with E-state index >= 15 is 0 Å². The van der Waals surface area contributed by atoms with E-state index in [1.807, 2.05) is 0 Å². The molecule has 2 amide bonds. The van der Waals surface area contributed by atoms with Crippen LogP contribution >= 0.6 is 23.5 Å². The summed E-state index contributed by atoms with van der Waals surface area (Å²) in [5, 5.41) is 5.20. The maximum absolute atomic E-state index is 12.3. The summed E-state index contributed by atoms with van der Waals surface area (Å²) >= 11 is 1.64. The highest BCUT2D eigenvalue weighted by atomic mass is 32.2. The molecule has 136 valence electrons. The second-order valence-electron chi connectivity index (χ2n) is 4.93. The molecule has 6 nitrogen and oxygen atoms in total. The molecule has 1 aliphatic heterocycles. The largest absolute Gasteiger partial charge is 0.383 e. The Hall–Kier alpha value is -1.65. The molecule has 0 radical (unpaired) electrons. The highest BCUT2D eigenvalue weighted by Gasteiger charge is 2.31. The number of amides is 2. The van der Waals surface area contributed by atoms with Gasteiger partial charge in [-0.1, -0.05) is 23.5 Å². The normalized spacial score (nSPS) is 18.6. The smallest absolute Gasteiger partial charge is 0.288 e. The van der Waals surface area contributed by atoms with Crippen molar-refractivity contribution in [2.45, 2.75) is 22.3 Å².